The summed E-state index contributed by atoms with van der Waals surface area (Å²) in [4.78, 5) is 10.7. The Morgan fingerprint density at radius 1 is 1.45 bits per heavy atom. The molecule has 0 heterocycles. The molecule has 5 heteroatoms. The van der Waals surface area contributed by atoms with E-state index in [1.165, 1.54) is 0 Å². The summed E-state index contributed by atoms with van der Waals surface area (Å²) in [6, 6.07) is 0. The molecule has 65 valence electrons. The molecule has 0 saturated heterocycles. The summed E-state index contributed by atoms with van der Waals surface area (Å²) < 4.78 is 23.9. The van der Waals surface area contributed by atoms with Crippen molar-refractivity contribution in [2.75, 3.05) is 6.26 Å². The average molecular weight is 178 g/mol. The Balaban J connectivity index is 3.91. The van der Waals surface area contributed by atoms with Crippen molar-refractivity contribution in [2.45, 2.75) is 20.3 Å². The van der Waals surface area contributed by atoms with Gasteiger partial charge in [-0.15, -0.1) is 4.72 Å². The lowest BCUT2D eigenvalue weighted by atomic mass is 10.1. The number of amides is 1. The molecule has 0 N–H and O–H groups in total. The molecule has 0 aliphatic rings. The number of carbonyl (C=O) groups excluding carboxylic acids is 1. The van der Waals surface area contributed by atoms with E-state index in [4.69, 9.17) is 0 Å². The average Bonchev–Trinajstić information content (AvgIpc) is 1.53. The first-order valence-corrected chi connectivity index (χ1v) is 5.12. The highest BCUT2D eigenvalue weighted by Gasteiger charge is 2.12. The van der Waals surface area contributed by atoms with Crippen molar-refractivity contribution in [1.29, 1.82) is 0 Å². The van der Waals surface area contributed by atoms with Crippen LogP contribution in [0, 0.1) is 5.92 Å². The summed E-state index contributed by atoms with van der Waals surface area (Å²) >= 11 is 0. The normalized spacial score (nSPS) is 11.6. The topological polar surface area (TPSA) is 65.3 Å². The van der Waals surface area contributed by atoms with Crippen LogP contribution in [0.4, 0.5) is 0 Å². The van der Waals surface area contributed by atoms with Gasteiger partial charge in [-0.1, -0.05) is 13.8 Å². The minimum Gasteiger partial charge on any atom is -0.272 e. The van der Waals surface area contributed by atoms with Crippen LogP contribution in [0.3, 0.4) is 0 Å². The molecule has 0 spiro atoms. The van der Waals surface area contributed by atoms with Gasteiger partial charge in [0.15, 0.2) is 0 Å². The van der Waals surface area contributed by atoms with Crippen molar-refractivity contribution in [1.82, 2.24) is 4.72 Å². The monoisotopic (exact) mass is 178 g/mol. The Morgan fingerprint density at radius 2 is 1.91 bits per heavy atom. The zero-order chi connectivity index (χ0) is 9.07. The van der Waals surface area contributed by atoms with E-state index < -0.39 is 15.9 Å². The highest BCUT2D eigenvalue weighted by Crippen LogP contribution is 1.99. The molecule has 0 aromatic heterocycles. The molecule has 4 nitrogen and oxygen atoms in total. The van der Waals surface area contributed by atoms with E-state index in [0.29, 0.717) is 0 Å². The van der Waals surface area contributed by atoms with E-state index >= 15 is 0 Å². The van der Waals surface area contributed by atoms with E-state index in [9.17, 15) is 13.2 Å². The van der Waals surface area contributed by atoms with Gasteiger partial charge < -0.3 is 0 Å². The number of hydrogen-bond donors (Lipinski definition) is 0. The Hall–Kier alpha value is -0.580. The van der Waals surface area contributed by atoms with Gasteiger partial charge in [0.2, 0.25) is 0 Å². The number of nitrogens with zero attached hydrogens (tertiary/aromatic N) is 1. The zero-order valence-corrected chi connectivity index (χ0v) is 7.68. The molecule has 0 fully saturated rings. The summed E-state index contributed by atoms with van der Waals surface area (Å²) in [5.74, 6) is -0.421. The SMILES string of the molecule is CC(C)CC(=O)[N]S(C)(=O)=O. The van der Waals surface area contributed by atoms with Crippen molar-refractivity contribution in [2.24, 2.45) is 5.92 Å². The molecule has 0 aliphatic heterocycles. The predicted octanol–water partition coefficient (Wildman–Crippen LogP) is 0.123. The second kappa shape index (κ2) is 3.71. The predicted molar refractivity (Wildman–Crippen MR) is 41.4 cm³/mol. The van der Waals surface area contributed by atoms with Gasteiger partial charge in [0, 0.05) is 6.42 Å². The van der Waals surface area contributed by atoms with Gasteiger partial charge in [0.25, 0.3) is 15.9 Å². The number of rotatable bonds is 3. The first kappa shape index (κ1) is 10.4. The van der Waals surface area contributed by atoms with Gasteiger partial charge in [-0.05, 0) is 5.92 Å². The lowest BCUT2D eigenvalue weighted by Crippen LogP contribution is -2.22. The first-order valence-electron chi connectivity index (χ1n) is 3.27. The van der Waals surface area contributed by atoms with Crippen molar-refractivity contribution in [3.63, 3.8) is 0 Å². The molecule has 0 aromatic rings. The molecule has 0 rings (SSSR count). The fraction of sp³-hybridized carbons (Fsp3) is 0.833. The van der Waals surface area contributed by atoms with Crippen LogP contribution < -0.4 is 4.72 Å². The smallest absolute Gasteiger partial charge is 0.256 e. The van der Waals surface area contributed by atoms with Crippen molar-refractivity contribution < 1.29 is 13.2 Å². The molecule has 0 aromatic carbocycles. The second-order valence-corrected chi connectivity index (χ2v) is 4.46. The summed E-state index contributed by atoms with van der Waals surface area (Å²) in [5, 5.41) is 0. The van der Waals surface area contributed by atoms with Gasteiger partial charge in [0.05, 0.1) is 6.26 Å². The fourth-order valence-electron chi connectivity index (χ4n) is 0.571. The molecule has 0 atom stereocenters. The van der Waals surface area contributed by atoms with E-state index in [1.807, 2.05) is 13.8 Å². The maximum Gasteiger partial charge on any atom is 0.256 e. The highest BCUT2D eigenvalue weighted by atomic mass is 32.2. The maximum atomic E-state index is 10.7. The minimum atomic E-state index is -3.49. The Kier molecular flexibility index (Phi) is 3.51. The van der Waals surface area contributed by atoms with Gasteiger partial charge in [0.1, 0.15) is 0 Å². The number of sulfonamides is 1. The Labute approximate surface area is 67.0 Å². The molecule has 0 unspecified atom stereocenters. The fourth-order valence-corrected chi connectivity index (χ4v) is 1.02. The van der Waals surface area contributed by atoms with Gasteiger partial charge in [-0.2, -0.15) is 0 Å². The molecule has 0 aliphatic carbocycles. The third kappa shape index (κ3) is 7.32. The van der Waals surface area contributed by atoms with Crippen LogP contribution in [0.1, 0.15) is 20.3 Å². The van der Waals surface area contributed by atoms with Crippen molar-refractivity contribution in [3.05, 3.63) is 0 Å². The largest absolute Gasteiger partial charge is 0.272 e. The summed E-state index contributed by atoms with van der Waals surface area (Å²) in [6.45, 7) is 3.66. The molecule has 11 heavy (non-hydrogen) atoms. The Bertz CT molecular complexity index is 230. The van der Waals surface area contributed by atoms with Crippen LogP contribution in [0.2, 0.25) is 0 Å². The lowest BCUT2D eigenvalue weighted by Gasteiger charge is -2.00. The standard InChI is InChI=1S/C6H12NO3S/c1-5(2)4-6(8)7-11(3,9)10/h5H,4H2,1-3H3. The quantitative estimate of drug-likeness (QED) is 0.616. The first-order chi connectivity index (χ1) is 4.81. The number of carbonyl (C=O) groups is 1. The maximum absolute atomic E-state index is 10.7. The summed E-state index contributed by atoms with van der Waals surface area (Å²) in [5.41, 5.74) is 0. The lowest BCUT2D eigenvalue weighted by molar-refractivity contribution is -0.120. The summed E-state index contributed by atoms with van der Waals surface area (Å²) in [7, 11) is -3.49. The minimum absolute atomic E-state index is 0.146. The van der Waals surface area contributed by atoms with Crippen molar-refractivity contribution in [3.8, 4) is 0 Å². The van der Waals surface area contributed by atoms with E-state index in [-0.39, 0.29) is 12.3 Å². The van der Waals surface area contributed by atoms with Crippen LogP contribution >= 0.6 is 0 Å². The third-order valence-electron chi connectivity index (χ3n) is 0.851. The highest BCUT2D eigenvalue weighted by molar-refractivity contribution is 7.89. The molecular formula is C6H12NO3S. The van der Waals surface area contributed by atoms with Crippen molar-refractivity contribution >= 4 is 15.9 Å². The molecule has 0 saturated carbocycles. The van der Waals surface area contributed by atoms with Gasteiger partial charge in [-0.3, -0.25) is 4.79 Å². The van der Waals surface area contributed by atoms with Crippen LogP contribution in [-0.2, 0) is 14.8 Å². The van der Waals surface area contributed by atoms with E-state index in [1.54, 1.807) is 0 Å². The van der Waals surface area contributed by atoms with Gasteiger partial charge in [-0.25, -0.2) is 8.42 Å². The number of hydrogen-bond acceptors (Lipinski definition) is 3. The zero-order valence-electron chi connectivity index (χ0n) is 6.86. The van der Waals surface area contributed by atoms with Gasteiger partial charge >= 0.3 is 0 Å². The Morgan fingerprint density at radius 3 is 2.18 bits per heavy atom. The third-order valence-corrected chi connectivity index (χ3v) is 1.39. The molecule has 1 radical (unpaired) electrons. The van der Waals surface area contributed by atoms with E-state index in [0.717, 1.165) is 6.26 Å². The van der Waals surface area contributed by atoms with Crippen LogP contribution in [0.5, 0.6) is 0 Å². The van der Waals surface area contributed by atoms with Crippen LogP contribution in [0.25, 0.3) is 0 Å². The van der Waals surface area contributed by atoms with Crippen LogP contribution in [0.15, 0.2) is 0 Å². The molecule has 0 bridgehead atoms. The molecule has 1 amide bonds. The van der Waals surface area contributed by atoms with E-state index in [2.05, 4.69) is 4.72 Å². The molecular weight excluding hydrogens is 166 g/mol. The summed E-state index contributed by atoms with van der Waals surface area (Å²) in [6.07, 6.45) is 1.10. The second-order valence-electron chi connectivity index (χ2n) is 2.82. The van der Waals surface area contributed by atoms with Crippen LogP contribution in [-0.4, -0.2) is 20.6 Å².